The van der Waals surface area contributed by atoms with Crippen LogP contribution in [0.15, 0.2) is 72.8 Å². The number of hydrogen-bond acceptors (Lipinski definition) is 1. The molecular weight excluding hydrogens is 362 g/mol. The van der Waals surface area contributed by atoms with Crippen LogP contribution in [0.5, 0.6) is 0 Å². The molecule has 2 aromatic rings. The molecule has 0 aliphatic carbocycles. The summed E-state index contributed by atoms with van der Waals surface area (Å²) in [5, 5.41) is 0. The molecule has 0 aliphatic heterocycles. The van der Waals surface area contributed by atoms with Crippen molar-refractivity contribution in [2.45, 2.75) is 90.6 Å². The highest BCUT2D eigenvalue weighted by molar-refractivity contribution is 5.17. The molecule has 30 heavy (non-hydrogen) atoms. The molecule has 0 heterocycles. The van der Waals surface area contributed by atoms with Gasteiger partial charge >= 0.3 is 0 Å². The van der Waals surface area contributed by atoms with E-state index in [0.29, 0.717) is 0 Å². The van der Waals surface area contributed by atoms with Crippen molar-refractivity contribution in [1.29, 1.82) is 0 Å². The first-order chi connectivity index (χ1) is 14.9. The van der Waals surface area contributed by atoms with Crippen LogP contribution in [0.1, 0.15) is 88.7 Å². The fraction of sp³-hybridized carbons (Fsp3) is 0.517. The average Bonchev–Trinajstić information content (AvgIpc) is 2.78. The van der Waals surface area contributed by atoms with Crippen LogP contribution in [-0.4, -0.2) is 11.4 Å². The van der Waals surface area contributed by atoms with Gasteiger partial charge in [0.05, 0.1) is 0 Å². The van der Waals surface area contributed by atoms with E-state index < -0.39 is 0 Å². The third kappa shape index (κ3) is 12.0. The van der Waals surface area contributed by atoms with Crippen LogP contribution in [0.2, 0.25) is 0 Å². The van der Waals surface area contributed by atoms with Crippen molar-refractivity contribution in [1.82, 2.24) is 4.90 Å². The van der Waals surface area contributed by atoms with Gasteiger partial charge in [0.15, 0.2) is 0 Å². The molecule has 2 rings (SSSR count). The van der Waals surface area contributed by atoms with Crippen molar-refractivity contribution in [3.63, 3.8) is 0 Å². The second kappa shape index (κ2) is 16.9. The molecule has 0 radical (unpaired) electrons. The Morgan fingerprint density at radius 2 is 1.00 bits per heavy atom. The molecule has 164 valence electrons. The lowest BCUT2D eigenvalue weighted by Gasteiger charge is -2.22. The van der Waals surface area contributed by atoms with Gasteiger partial charge in [-0.2, -0.15) is 0 Å². The molecule has 1 nitrogen and oxygen atoms in total. The maximum absolute atomic E-state index is 2.61. The Bertz CT molecular complexity index is 605. The van der Waals surface area contributed by atoms with Crippen LogP contribution in [0.3, 0.4) is 0 Å². The Labute approximate surface area is 186 Å². The van der Waals surface area contributed by atoms with E-state index in [0.717, 1.165) is 13.1 Å². The minimum Gasteiger partial charge on any atom is -0.295 e. The van der Waals surface area contributed by atoms with E-state index in [4.69, 9.17) is 0 Å². The Hall–Kier alpha value is -1.86. The first-order valence-electron chi connectivity index (χ1n) is 12.3. The summed E-state index contributed by atoms with van der Waals surface area (Å²) < 4.78 is 0. The summed E-state index contributed by atoms with van der Waals surface area (Å²) in [5.41, 5.74) is 2.83. The van der Waals surface area contributed by atoms with Crippen LogP contribution in [0.4, 0.5) is 0 Å². The van der Waals surface area contributed by atoms with Crippen LogP contribution < -0.4 is 0 Å². The predicted octanol–water partition coefficient (Wildman–Crippen LogP) is 8.56. The van der Waals surface area contributed by atoms with Crippen molar-refractivity contribution in [3.8, 4) is 0 Å². The third-order valence-corrected chi connectivity index (χ3v) is 5.83. The number of rotatable bonds is 17. The summed E-state index contributed by atoms with van der Waals surface area (Å²) in [5.74, 6) is 0. The maximum atomic E-state index is 2.61. The van der Waals surface area contributed by atoms with E-state index in [9.17, 15) is 0 Å². The first-order valence-corrected chi connectivity index (χ1v) is 12.3. The van der Waals surface area contributed by atoms with E-state index in [-0.39, 0.29) is 0 Å². The lowest BCUT2D eigenvalue weighted by Crippen LogP contribution is -2.24. The van der Waals surface area contributed by atoms with Crippen molar-refractivity contribution in [3.05, 3.63) is 83.9 Å². The fourth-order valence-corrected chi connectivity index (χ4v) is 4.08. The van der Waals surface area contributed by atoms with Gasteiger partial charge in [0.2, 0.25) is 0 Å². The molecule has 0 atom stereocenters. The number of hydrogen-bond donors (Lipinski definition) is 0. The quantitative estimate of drug-likeness (QED) is 0.188. The third-order valence-electron chi connectivity index (χ3n) is 5.83. The molecule has 0 aromatic heterocycles. The molecule has 0 saturated heterocycles. The molecule has 1 heteroatoms. The van der Waals surface area contributed by atoms with Gasteiger partial charge in [-0.3, -0.25) is 4.90 Å². The van der Waals surface area contributed by atoms with Gasteiger partial charge in [-0.15, -0.1) is 0 Å². The standard InChI is InChI=1S/C29H43N/c1-2-3-4-5-6-7-8-9-10-11-12-13-20-25-30(26-28-21-16-14-17-22-28)27-29-23-18-15-19-24-29/h2-3,14-19,21-24H,4-13,20,25-27H2,1H3/b3-2+. The molecule has 0 N–H and O–H groups in total. The van der Waals surface area contributed by atoms with Crippen LogP contribution in [0, 0.1) is 0 Å². The lowest BCUT2D eigenvalue weighted by molar-refractivity contribution is 0.250. The molecule has 0 unspecified atom stereocenters. The molecule has 0 spiro atoms. The SMILES string of the molecule is C/C=C/CCCCCCCCCCCCN(Cc1ccccc1)Cc1ccccc1. The predicted molar refractivity (Wildman–Crippen MR) is 133 cm³/mol. The number of unbranched alkanes of at least 4 members (excludes halogenated alkanes) is 10. The zero-order valence-corrected chi connectivity index (χ0v) is 19.3. The second-order valence-corrected chi connectivity index (χ2v) is 8.58. The molecule has 0 bridgehead atoms. The minimum atomic E-state index is 1.05. The van der Waals surface area contributed by atoms with E-state index in [2.05, 4.69) is 84.6 Å². The Balaban J connectivity index is 1.56. The highest BCUT2D eigenvalue weighted by atomic mass is 15.1. The maximum Gasteiger partial charge on any atom is 0.0237 e. The molecular formula is C29H43N. The first kappa shape index (κ1) is 24.4. The van der Waals surface area contributed by atoms with Gasteiger partial charge in [0.25, 0.3) is 0 Å². The Morgan fingerprint density at radius 1 is 0.567 bits per heavy atom. The van der Waals surface area contributed by atoms with Crippen molar-refractivity contribution in [2.75, 3.05) is 6.54 Å². The van der Waals surface area contributed by atoms with Crippen molar-refractivity contribution >= 4 is 0 Å². The molecule has 0 aliphatic rings. The van der Waals surface area contributed by atoms with Gasteiger partial charge in [0, 0.05) is 13.1 Å². The van der Waals surface area contributed by atoms with Crippen LogP contribution in [0.25, 0.3) is 0 Å². The molecule has 2 aromatic carbocycles. The summed E-state index contributed by atoms with van der Waals surface area (Å²) in [6, 6.07) is 21.8. The summed E-state index contributed by atoms with van der Waals surface area (Å²) >= 11 is 0. The number of allylic oxidation sites excluding steroid dienone is 2. The van der Waals surface area contributed by atoms with Gasteiger partial charge in [-0.05, 0) is 43.9 Å². The fourth-order valence-electron chi connectivity index (χ4n) is 4.08. The molecule has 0 saturated carbocycles. The van der Waals surface area contributed by atoms with E-state index >= 15 is 0 Å². The van der Waals surface area contributed by atoms with Crippen molar-refractivity contribution in [2.24, 2.45) is 0 Å². The number of nitrogens with zero attached hydrogens (tertiary/aromatic N) is 1. The Morgan fingerprint density at radius 3 is 1.47 bits per heavy atom. The summed E-state index contributed by atoms with van der Waals surface area (Å²) in [6.07, 6.45) is 19.7. The van der Waals surface area contributed by atoms with E-state index in [1.54, 1.807) is 0 Å². The lowest BCUT2D eigenvalue weighted by atomic mass is 10.1. The summed E-state index contributed by atoms with van der Waals surface area (Å²) in [6.45, 7) is 5.40. The highest BCUT2D eigenvalue weighted by Crippen LogP contribution is 2.14. The zero-order valence-electron chi connectivity index (χ0n) is 19.3. The van der Waals surface area contributed by atoms with E-state index in [1.165, 1.54) is 88.3 Å². The summed E-state index contributed by atoms with van der Waals surface area (Å²) in [7, 11) is 0. The summed E-state index contributed by atoms with van der Waals surface area (Å²) in [4.78, 5) is 2.61. The van der Waals surface area contributed by atoms with Crippen molar-refractivity contribution < 1.29 is 0 Å². The van der Waals surface area contributed by atoms with Crippen LogP contribution in [-0.2, 0) is 13.1 Å². The normalized spacial score (nSPS) is 11.5. The molecule has 0 amide bonds. The average molecular weight is 406 g/mol. The zero-order chi connectivity index (χ0) is 21.1. The molecule has 0 fully saturated rings. The largest absolute Gasteiger partial charge is 0.295 e. The minimum absolute atomic E-state index is 1.05. The van der Waals surface area contributed by atoms with Gasteiger partial charge in [0.1, 0.15) is 0 Å². The van der Waals surface area contributed by atoms with Gasteiger partial charge < -0.3 is 0 Å². The van der Waals surface area contributed by atoms with E-state index in [1.807, 2.05) is 0 Å². The Kier molecular flexibility index (Phi) is 13.7. The second-order valence-electron chi connectivity index (χ2n) is 8.58. The smallest absolute Gasteiger partial charge is 0.0237 e. The van der Waals surface area contributed by atoms with Gasteiger partial charge in [-0.25, -0.2) is 0 Å². The highest BCUT2D eigenvalue weighted by Gasteiger charge is 2.07. The number of benzene rings is 2. The van der Waals surface area contributed by atoms with Gasteiger partial charge in [-0.1, -0.05) is 124 Å². The monoisotopic (exact) mass is 405 g/mol. The van der Waals surface area contributed by atoms with Crippen LogP contribution >= 0.6 is 0 Å². The topological polar surface area (TPSA) is 3.24 Å².